The van der Waals surface area contributed by atoms with Gasteiger partial charge in [-0.2, -0.15) is 0 Å². The Morgan fingerprint density at radius 1 is 1.12 bits per heavy atom. The lowest BCUT2D eigenvalue weighted by Gasteiger charge is -2.03. The normalized spacial score (nSPS) is 9.94. The monoisotopic (exact) mass is 234 g/mol. The highest BCUT2D eigenvalue weighted by atomic mass is 19.1. The molecule has 2 rings (SSSR count). The van der Waals surface area contributed by atoms with E-state index in [-0.39, 0.29) is 11.6 Å². The minimum absolute atomic E-state index is 0.253. The van der Waals surface area contributed by atoms with E-state index < -0.39 is 4.92 Å². The molecule has 86 valence electrons. The summed E-state index contributed by atoms with van der Waals surface area (Å²) in [6, 6.07) is 8.09. The molecule has 0 saturated heterocycles. The number of ether oxygens (including phenoxy) is 1. The van der Waals surface area contributed by atoms with Crippen molar-refractivity contribution in [2.75, 3.05) is 0 Å². The molecule has 0 N–H and O–H groups in total. The van der Waals surface area contributed by atoms with Gasteiger partial charge in [0.25, 0.3) is 0 Å². The minimum atomic E-state index is -0.596. The first-order valence-corrected chi connectivity index (χ1v) is 4.69. The molecule has 2 aromatic rings. The van der Waals surface area contributed by atoms with Crippen LogP contribution in [0.2, 0.25) is 0 Å². The van der Waals surface area contributed by atoms with Crippen molar-refractivity contribution in [1.82, 2.24) is 4.98 Å². The Labute approximate surface area is 95.6 Å². The van der Waals surface area contributed by atoms with E-state index in [1.54, 1.807) is 0 Å². The van der Waals surface area contributed by atoms with Gasteiger partial charge >= 0.3 is 5.82 Å². The number of nitrogens with zero attached hydrogens (tertiary/aromatic N) is 2. The lowest BCUT2D eigenvalue weighted by molar-refractivity contribution is -0.389. The van der Waals surface area contributed by atoms with Gasteiger partial charge in [-0.05, 0) is 40.2 Å². The number of aromatic nitrogens is 1. The number of hydrogen-bond donors (Lipinski definition) is 0. The van der Waals surface area contributed by atoms with Crippen LogP contribution in [0.15, 0.2) is 42.6 Å². The Morgan fingerprint density at radius 2 is 1.76 bits per heavy atom. The molecule has 17 heavy (non-hydrogen) atoms. The van der Waals surface area contributed by atoms with Gasteiger partial charge in [-0.3, -0.25) is 0 Å². The van der Waals surface area contributed by atoms with Crippen LogP contribution in [0, 0.1) is 15.9 Å². The Morgan fingerprint density at radius 3 is 2.29 bits per heavy atom. The van der Waals surface area contributed by atoms with Crippen LogP contribution in [0.25, 0.3) is 0 Å². The second-order valence-electron chi connectivity index (χ2n) is 3.17. The van der Waals surface area contributed by atoms with Gasteiger partial charge in [0.1, 0.15) is 11.6 Å². The number of nitro groups is 1. The van der Waals surface area contributed by atoms with Crippen LogP contribution in [0.5, 0.6) is 11.5 Å². The molecule has 0 aliphatic rings. The van der Waals surface area contributed by atoms with E-state index in [9.17, 15) is 14.5 Å². The van der Waals surface area contributed by atoms with Gasteiger partial charge in [-0.1, -0.05) is 0 Å². The van der Waals surface area contributed by atoms with E-state index in [0.717, 1.165) is 0 Å². The van der Waals surface area contributed by atoms with Gasteiger partial charge in [-0.25, -0.2) is 4.39 Å². The number of rotatable bonds is 3. The molecule has 0 bridgehead atoms. The van der Waals surface area contributed by atoms with Gasteiger partial charge < -0.3 is 14.9 Å². The molecule has 0 saturated carbocycles. The smallest absolute Gasteiger partial charge is 0.363 e. The SMILES string of the molecule is O=[N+]([O-])c1ccc(Oc2ccc(F)cc2)cn1. The van der Waals surface area contributed by atoms with E-state index in [0.29, 0.717) is 11.5 Å². The van der Waals surface area contributed by atoms with Crippen molar-refractivity contribution >= 4 is 5.82 Å². The molecule has 0 radical (unpaired) electrons. The van der Waals surface area contributed by atoms with Gasteiger partial charge in [0.05, 0.1) is 0 Å². The summed E-state index contributed by atoms with van der Waals surface area (Å²) < 4.78 is 17.9. The van der Waals surface area contributed by atoms with E-state index in [4.69, 9.17) is 4.74 Å². The van der Waals surface area contributed by atoms with Crippen molar-refractivity contribution in [1.29, 1.82) is 0 Å². The molecule has 0 fully saturated rings. The van der Waals surface area contributed by atoms with Crippen molar-refractivity contribution < 1.29 is 14.1 Å². The van der Waals surface area contributed by atoms with Gasteiger partial charge in [0, 0.05) is 6.07 Å². The standard InChI is InChI=1S/C11H7FN2O3/c12-8-1-3-9(4-2-8)17-10-5-6-11(13-7-10)14(15)16/h1-7H. The van der Waals surface area contributed by atoms with Crippen molar-refractivity contribution in [2.45, 2.75) is 0 Å². The zero-order chi connectivity index (χ0) is 12.3. The summed E-state index contributed by atoms with van der Waals surface area (Å²) in [5, 5.41) is 10.4. The highest BCUT2D eigenvalue weighted by molar-refractivity contribution is 5.32. The largest absolute Gasteiger partial charge is 0.453 e. The van der Waals surface area contributed by atoms with E-state index in [2.05, 4.69) is 4.98 Å². The third-order valence-electron chi connectivity index (χ3n) is 1.96. The molecule has 6 heteroatoms. The molecule has 1 aromatic heterocycles. The fourth-order valence-corrected chi connectivity index (χ4v) is 1.18. The molecule has 1 heterocycles. The number of benzene rings is 1. The molecule has 5 nitrogen and oxygen atoms in total. The van der Waals surface area contributed by atoms with Crippen LogP contribution in [-0.2, 0) is 0 Å². The molecule has 0 aliphatic carbocycles. The van der Waals surface area contributed by atoms with Gasteiger partial charge in [0.15, 0.2) is 11.9 Å². The first-order valence-electron chi connectivity index (χ1n) is 4.69. The van der Waals surface area contributed by atoms with E-state index in [1.165, 1.54) is 42.6 Å². The number of halogens is 1. The molecule has 0 atom stereocenters. The Bertz CT molecular complexity index is 525. The molecule has 0 unspecified atom stereocenters. The van der Waals surface area contributed by atoms with E-state index in [1.807, 2.05) is 0 Å². The average Bonchev–Trinajstić information content (AvgIpc) is 2.33. The summed E-state index contributed by atoms with van der Waals surface area (Å²) in [5.41, 5.74) is 0. The lowest BCUT2D eigenvalue weighted by atomic mass is 10.3. The predicted molar refractivity (Wildman–Crippen MR) is 57.4 cm³/mol. The Balaban J connectivity index is 2.13. The Kier molecular flexibility index (Phi) is 2.95. The summed E-state index contributed by atoms with van der Waals surface area (Å²) in [7, 11) is 0. The quantitative estimate of drug-likeness (QED) is 0.605. The summed E-state index contributed by atoms with van der Waals surface area (Å²) in [4.78, 5) is 13.4. The van der Waals surface area contributed by atoms with Crippen LogP contribution in [0.3, 0.4) is 0 Å². The molecule has 1 aromatic carbocycles. The fourth-order valence-electron chi connectivity index (χ4n) is 1.18. The van der Waals surface area contributed by atoms with Gasteiger partial charge in [0.2, 0.25) is 0 Å². The second-order valence-corrected chi connectivity index (χ2v) is 3.17. The summed E-state index contributed by atoms with van der Waals surface area (Å²) >= 11 is 0. The third kappa shape index (κ3) is 2.75. The van der Waals surface area contributed by atoms with Gasteiger partial charge in [-0.15, -0.1) is 0 Å². The van der Waals surface area contributed by atoms with E-state index >= 15 is 0 Å². The maximum absolute atomic E-state index is 12.6. The first kappa shape index (κ1) is 11.0. The number of pyridine rings is 1. The topological polar surface area (TPSA) is 65.3 Å². The highest BCUT2D eigenvalue weighted by Gasteiger charge is 2.07. The number of hydrogen-bond acceptors (Lipinski definition) is 4. The van der Waals surface area contributed by atoms with Crippen molar-refractivity contribution in [2.24, 2.45) is 0 Å². The first-order chi connectivity index (χ1) is 8.15. The van der Waals surface area contributed by atoms with Crippen LogP contribution in [-0.4, -0.2) is 9.91 Å². The maximum atomic E-state index is 12.6. The molecule has 0 spiro atoms. The second kappa shape index (κ2) is 4.56. The van der Waals surface area contributed by atoms with Crippen molar-refractivity contribution in [3.8, 4) is 11.5 Å². The zero-order valence-corrected chi connectivity index (χ0v) is 8.54. The Hall–Kier alpha value is -2.50. The molecule has 0 amide bonds. The van der Waals surface area contributed by atoms with Crippen molar-refractivity contribution in [3.05, 3.63) is 58.5 Å². The highest BCUT2D eigenvalue weighted by Crippen LogP contribution is 2.21. The summed E-state index contributed by atoms with van der Waals surface area (Å²) in [6.07, 6.45) is 1.24. The predicted octanol–water partition coefficient (Wildman–Crippen LogP) is 2.92. The zero-order valence-electron chi connectivity index (χ0n) is 8.54. The third-order valence-corrected chi connectivity index (χ3v) is 1.96. The molecular weight excluding hydrogens is 227 g/mol. The summed E-state index contributed by atoms with van der Waals surface area (Å²) in [6.45, 7) is 0. The average molecular weight is 234 g/mol. The molecule has 0 aliphatic heterocycles. The maximum Gasteiger partial charge on any atom is 0.363 e. The van der Waals surface area contributed by atoms with Crippen molar-refractivity contribution in [3.63, 3.8) is 0 Å². The van der Waals surface area contributed by atoms with Crippen LogP contribution in [0.1, 0.15) is 0 Å². The minimum Gasteiger partial charge on any atom is -0.453 e. The van der Waals surface area contributed by atoms with Crippen LogP contribution in [0.4, 0.5) is 10.2 Å². The van der Waals surface area contributed by atoms with Crippen LogP contribution >= 0.6 is 0 Å². The van der Waals surface area contributed by atoms with Crippen LogP contribution < -0.4 is 4.74 Å². The fraction of sp³-hybridized carbons (Fsp3) is 0. The lowest BCUT2D eigenvalue weighted by Crippen LogP contribution is -1.92. The summed E-state index contributed by atoms with van der Waals surface area (Å²) in [5.74, 6) is 0.167. The molecular formula is C11H7FN2O3.